The summed E-state index contributed by atoms with van der Waals surface area (Å²) >= 11 is 0. The van der Waals surface area contributed by atoms with E-state index in [1.165, 1.54) is 12.1 Å². The molecule has 0 aliphatic carbocycles. The fourth-order valence-electron chi connectivity index (χ4n) is 1.55. The molecular weight excluding hydrogens is 225 g/mol. The summed E-state index contributed by atoms with van der Waals surface area (Å²) in [6.07, 6.45) is -0.168. The Labute approximate surface area is 98.5 Å². The van der Waals surface area contributed by atoms with Gasteiger partial charge in [0, 0.05) is 0 Å². The first-order valence-corrected chi connectivity index (χ1v) is 5.32. The van der Waals surface area contributed by atoms with Crippen LogP contribution in [0.1, 0.15) is 5.56 Å². The molecule has 0 saturated carbocycles. The normalized spacial score (nSPS) is 19.6. The van der Waals surface area contributed by atoms with Gasteiger partial charge < -0.3 is 14.2 Å². The second kappa shape index (κ2) is 5.62. The SMILES string of the molecule is N#Cc1c(F)cccc1OCC1COCCO1. The largest absolute Gasteiger partial charge is 0.489 e. The van der Waals surface area contributed by atoms with Crippen LogP contribution in [0.15, 0.2) is 18.2 Å². The first kappa shape index (κ1) is 11.8. The number of halogens is 1. The van der Waals surface area contributed by atoms with Gasteiger partial charge in [-0.15, -0.1) is 0 Å². The van der Waals surface area contributed by atoms with Crippen molar-refractivity contribution in [2.75, 3.05) is 26.4 Å². The van der Waals surface area contributed by atoms with Crippen molar-refractivity contribution in [1.29, 1.82) is 5.26 Å². The number of rotatable bonds is 3. The molecule has 0 N–H and O–H groups in total. The Morgan fingerprint density at radius 1 is 1.47 bits per heavy atom. The van der Waals surface area contributed by atoms with Crippen molar-refractivity contribution in [1.82, 2.24) is 0 Å². The molecule has 5 heteroatoms. The molecule has 1 saturated heterocycles. The molecule has 0 aromatic heterocycles. The lowest BCUT2D eigenvalue weighted by Crippen LogP contribution is -2.33. The third-order valence-electron chi connectivity index (χ3n) is 2.40. The van der Waals surface area contributed by atoms with E-state index in [2.05, 4.69) is 0 Å². The van der Waals surface area contributed by atoms with Crippen molar-refractivity contribution in [3.8, 4) is 11.8 Å². The first-order chi connectivity index (χ1) is 8.31. The van der Waals surface area contributed by atoms with E-state index in [-0.39, 0.29) is 24.0 Å². The van der Waals surface area contributed by atoms with Crippen molar-refractivity contribution in [2.24, 2.45) is 0 Å². The van der Waals surface area contributed by atoms with E-state index in [9.17, 15) is 4.39 Å². The van der Waals surface area contributed by atoms with Gasteiger partial charge in [-0.2, -0.15) is 5.26 Å². The van der Waals surface area contributed by atoms with Crippen molar-refractivity contribution in [2.45, 2.75) is 6.10 Å². The molecule has 1 aliphatic heterocycles. The highest BCUT2D eigenvalue weighted by Crippen LogP contribution is 2.20. The number of ether oxygens (including phenoxy) is 3. The summed E-state index contributed by atoms with van der Waals surface area (Å²) in [5, 5.41) is 8.81. The zero-order chi connectivity index (χ0) is 12.1. The molecule has 1 aromatic rings. The highest BCUT2D eigenvalue weighted by atomic mass is 19.1. The molecule has 0 radical (unpaired) electrons. The Morgan fingerprint density at radius 2 is 2.35 bits per heavy atom. The minimum atomic E-state index is -0.578. The average Bonchev–Trinajstić information content (AvgIpc) is 2.37. The van der Waals surface area contributed by atoms with E-state index in [1.54, 1.807) is 12.1 Å². The molecule has 0 bridgehead atoms. The lowest BCUT2D eigenvalue weighted by Gasteiger charge is -2.23. The maximum atomic E-state index is 13.3. The van der Waals surface area contributed by atoms with Gasteiger partial charge in [-0.05, 0) is 12.1 Å². The molecule has 0 spiro atoms. The molecule has 4 nitrogen and oxygen atoms in total. The lowest BCUT2D eigenvalue weighted by molar-refractivity contribution is -0.101. The van der Waals surface area contributed by atoms with E-state index in [0.717, 1.165) is 0 Å². The minimum absolute atomic E-state index is 0.0794. The van der Waals surface area contributed by atoms with E-state index < -0.39 is 5.82 Å². The summed E-state index contributed by atoms with van der Waals surface area (Å²) in [6, 6.07) is 6.07. The van der Waals surface area contributed by atoms with Crippen LogP contribution in [-0.2, 0) is 9.47 Å². The standard InChI is InChI=1S/C12H12FNO3/c13-11-2-1-3-12(10(11)6-14)17-8-9-7-15-4-5-16-9/h1-3,9H,4-5,7-8H2. The van der Waals surface area contributed by atoms with Crippen LogP contribution >= 0.6 is 0 Å². The van der Waals surface area contributed by atoms with Gasteiger partial charge in [-0.1, -0.05) is 6.07 Å². The van der Waals surface area contributed by atoms with Crippen LogP contribution in [-0.4, -0.2) is 32.5 Å². The topological polar surface area (TPSA) is 51.5 Å². The Bertz CT molecular complexity index is 424. The first-order valence-electron chi connectivity index (χ1n) is 5.32. The molecule has 1 fully saturated rings. The molecule has 1 heterocycles. The quantitative estimate of drug-likeness (QED) is 0.799. The predicted molar refractivity (Wildman–Crippen MR) is 57.2 cm³/mol. The van der Waals surface area contributed by atoms with Crippen molar-refractivity contribution < 1.29 is 18.6 Å². The van der Waals surface area contributed by atoms with Gasteiger partial charge in [0.2, 0.25) is 0 Å². The van der Waals surface area contributed by atoms with Crippen LogP contribution in [0.2, 0.25) is 0 Å². The number of benzene rings is 1. The van der Waals surface area contributed by atoms with Gasteiger partial charge in [0.15, 0.2) is 0 Å². The molecule has 1 aromatic carbocycles. The fraction of sp³-hybridized carbons (Fsp3) is 0.417. The third kappa shape index (κ3) is 2.93. The summed E-state index contributed by atoms with van der Waals surface area (Å²) < 4.78 is 29.2. The lowest BCUT2D eigenvalue weighted by atomic mass is 10.2. The van der Waals surface area contributed by atoms with Crippen molar-refractivity contribution in [3.63, 3.8) is 0 Å². The molecule has 2 rings (SSSR count). The van der Waals surface area contributed by atoms with Gasteiger partial charge in [-0.3, -0.25) is 0 Å². The zero-order valence-electron chi connectivity index (χ0n) is 9.19. The molecule has 1 atom stereocenters. The Kier molecular flexibility index (Phi) is 3.91. The Hall–Kier alpha value is -1.64. The van der Waals surface area contributed by atoms with E-state index in [4.69, 9.17) is 19.5 Å². The van der Waals surface area contributed by atoms with Crippen LogP contribution in [0, 0.1) is 17.1 Å². The number of nitrogens with zero attached hydrogens (tertiary/aromatic N) is 1. The second-order valence-electron chi connectivity index (χ2n) is 3.60. The monoisotopic (exact) mass is 237 g/mol. The minimum Gasteiger partial charge on any atom is -0.489 e. The molecule has 90 valence electrons. The number of nitriles is 1. The summed E-state index contributed by atoms with van der Waals surface area (Å²) in [7, 11) is 0. The molecular formula is C12H12FNO3. The fourth-order valence-corrected chi connectivity index (χ4v) is 1.55. The number of hydrogen-bond acceptors (Lipinski definition) is 4. The third-order valence-corrected chi connectivity index (χ3v) is 2.40. The molecule has 1 unspecified atom stereocenters. The zero-order valence-corrected chi connectivity index (χ0v) is 9.19. The smallest absolute Gasteiger partial charge is 0.144 e. The van der Waals surface area contributed by atoms with E-state index in [1.807, 2.05) is 0 Å². The van der Waals surface area contributed by atoms with Crippen LogP contribution in [0.4, 0.5) is 4.39 Å². The predicted octanol–water partition coefficient (Wildman–Crippen LogP) is 1.49. The van der Waals surface area contributed by atoms with Crippen molar-refractivity contribution >= 4 is 0 Å². The van der Waals surface area contributed by atoms with Gasteiger partial charge in [-0.25, -0.2) is 4.39 Å². The average molecular weight is 237 g/mol. The maximum Gasteiger partial charge on any atom is 0.144 e. The van der Waals surface area contributed by atoms with Crippen LogP contribution in [0.5, 0.6) is 5.75 Å². The van der Waals surface area contributed by atoms with Crippen LogP contribution in [0.25, 0.3) is 0 Å². The summed E-state index contributed by atoms with van der Waals surface area (Å²) in [6.45, 7) is 1.82. The van der Waals surface area contributed by atoms with Gasteiger partial charge in [0.1, 0.15) is 35.9 Å². The Morgan fingerprint density at radius 3 is 3.06 bits per heavy atom. The number of hydrogen-bond donors (Lipinski definition) is 0. The second-order valence-corrected chi connectivity index (χ2v) is 3.60. The Balaban J connectivity index is 1.99. The summed E-state index contributed by atoms with van der Waals surface area (Å²) in [5.41, 5.74) is -0.0794. The highest BCUT2D eigenvalue weighted by molar-refractivity contribution is 5.43. The summed E-state index contributed by atoms with van der Waals surface area (Å²) in [4.78, 5) is 0. The van der Waals surface area contributed by atoms with Gasteiger partial charge >= 0.3 is 0 Å². The van der Waals surface area contributed by atoms with Crippen LogP contribution in [0.3, 0.4) is 0 Å². The van der Waals surface area contributed by atoms with E-state index in [0.29, 0.717) is 19.8 Å². The maximum absolute atomic E-state index is 13.3. The van der Waals surface area contributed by atoms with Gasteiger partial charge in [0.05, 0.1) is 19.8 Å². The molecule has 0 amide bonds. The molecule has 17 heavy (non-hydrogen) atoms. The van der Waals surface area contributed by atoms with Crippen LogP contribution < -0.4 is 4.74 Å². The summed E-state index contributed by atoms with van der Waals surface area (Å²) in [5.74, 6) is -0.340. The molecule has 1 aliphatic rings. The van der Waals surface area contributed by atoms with E-state index >= 15 is 0 Å². The van der Waals surface area contributed by atoms with Crippen molar-refractivity contribution in [3.05, 3.63) is 29.6 Å². The van der Waals surface area contributed by atoms with Gasteiger partial charge in [0.25, 0.3) is 0 Å². The highest BCUT2D eigenvalue weighted by Gasteiger charge is 2.16.